The molecule has 0 fully saturated rings. The van der Waals surface area contributed by atoms with Crippen molar-refractivity contribution in [2.24, 2.45) is 7.05 Å². The first-order valence-electron chi connectivity index (χ1n) is 6.62. The van der Waals surface area contributed by atoms with E-state index in [0.29, 0.717) is 23.3 Å². The highest BCUT2D eigenvalue weighted by Crippen LogP contribution is 2.32. The number of fused-ring (bicyclic) bond motifs is 1. The molecule has 0 atom stereocenters. The van der Waals surface area contributed by atoms with Gasteiger partial charge in [-0.1, -0.05) is 13.3 Å². The van der Waals surface area contributed by atoms with E-state index in [4.69, 9.17) is 9.47 Å². The number of nitrogens with zero attached hydrogens (tertiary/aromatic N) is 1. The van der Waals surface area contributed by atoms with Gasteiger partial charge in [-0.3, -0.25) is 4.79 Å². The number of rotatable bonds is 5. The van der Waals surface area contributed by atoms with Crippen molar-refractivity contribution in [1.29, 1.82) is 0 Å². The fraction of sp³-hybridized carbons (Fsp3) is 0.400. The zero-order valence-corrected chi connectivity index (χ0v) is 12.0. The van der Waals surface area contributed by atoms with Crippen molar-refractivity contribution >= 4 is 10.9 Å². The molecule has 2 aromatic rings. The van der Waals surface area contributed by atoms with Gasteiger partial charge in [0, 0.05) is 18.5 Å². The normalized spacial score (nSPS) is 10.8. The average molecular weight is 277 g/mol. The summed E-state index contributed by atoms with van der Waals surface area (Å²) in [6, 6.07) is 5.17. The SMILES string of the molecule is CCCCOc1c(O)c2ccc(OC)cc2n(C)c1=O. The number of aryl methyl sites for hydroxylation is 1. The topological polar surface area (TPSA) is 60.7 Å². The first-order valence-corrected chi connectivity index (χ1v) is 6.62. The summed E-state index contributed by atoms with van der Waals surface area (Å²) in [6.45, 7) is 2.45. The lowest BCUT2D eigenvalue weighted by molar-refractivity contribution is 0.288. The second-order valence-electron chi connectivity index (χ2n) is 4.63. The van der Waals surface area contributed by atoms with Gasteiger partial charge in [-0.25, -0.2) is 0 Å². The smallest absolute Gasteiger partial charge is 0.297 e. The van der Waals surface area contributed by atoms with Crippen molar-refractivity contribution < 1.29 is 14.6 Å². The van der Waals surface area contributed by atoms with Crippen molar-refractivity contribution in [3.63, 3.8) is 0 Å². The van der Waals surface area contributed by atoms with Crippen LogP contribution in [-0.4, -0.2) is 23.4 Å². The molecular weight excluding hydrogens is 258 g/mol. The zero-order chi connectivity index (χ0) is 14.7. The quantitative estimate of drug-likeness (QED) is 0.853. The molecule has 0 aliphatic carbocycles. The van der Waals surface area contributed by atoms with E-state index in [1.165, 1.54) is 4.57 Å². The van der Waals surface area contributed by atoms with Crippen LogP contribution in [0.4, 0.5) is 0 Å². The molecule has 1 N–H and O–H groups in total. The lowest BCUT2D eigenvalue weighted by atomic mass is 10.1. The molecule has 0 saturated heterocycles. The number of benzene rings is 1. The van der Waals surface area contributed by atoms with Crippen LogP contribution >= 0.6 is 0 Å². The van der Waals surface area contributed by atoms with Crippen LogP contribution in [0.5, 0.6) is 17.2 Å². The van der Waals surface area contributed by atoms with E-state index in [0.717, 1.165) is 12.8 Å². The Morgan fingerprint density at radius 1 is 1.35 bits per heavy atom. The molecule has 0 unspecified atom stereocenters. The number of aromatic hydroxyl groups is 1. The Balaban J connectivity index is 2.59. The average Bonchev–Trinajstić information content (AvgIpc) is 2.48. The minimum Gasteiger partial charge on any atom is -0.504 e. The minimum absolute atomic E-state index is 0.0126. The molecule has 0 aliphatic rings. The molecule has 0 bridgehead atoms. The molecule has 108 valence electrons. The van der Waals surface area contributed by atoms with Gasteiger partial charge in [0.15, 0.2) is 5.75 Å². The number of aromatic nitrogens is 1. The first kappa shape index (κ1) is 14.2. The maximum Gasteiger partial charge on any atom is 0.297 e. The predicted molar refractivity (Wildman–Crippen MR) is 77.8 cm³/mol. The van der Waals surface area contributed by atoms with Crippen LogP contribution in [0.25, 0.3) is 10.9 Å². The number of hydrogen-bond acceptors (Lipinski definition) is 4. The van der Waals surface area contributed by atoms with E-state index in [1.54, 1.807) is 32.4 Å². The fourth-order valence-corrected chi connectivity index (χ4v) is 2.05. The van der Waals surface area contributed by atoms with Gasteiger partial charge < -0.3 is 19.1 Å². The molecule has 0 saturated carbocycles. The summed E-state index contributed by atoms with van der Waals surface area (Å²) in [5.74, 6) is 0.534. The van der Waals surface area contributed by atoms with Crippen molar-refractivity contribution in [3.8, 4) is 17.2 Å². The third-order valence-corrected chi connectivity index (χ3v) is 3.28. The number of pyridine rings is 1. The Kier molecular flexibility index (Phi) is 4.17. The first-order chi connectivity index (χ1) is 9.60. The highest BCUT2D eigenvalue weighted by atomic mass is 16.5. The maximum atomic E-state index is 12.2. The van der Waals surface area contributed by atoms with Gasteiger partial charge in [0.25, 0.3) is 5.56 Å². The van der Waals surface area contributed by atoms with Crippen LogP contribution in [0.3, 0.4) is 0 Å². The molecular formula is C15H19NO4. The molecule has 0 amide bonds. The molecule has 0 spiro atoms. The van der Waals surface area contributed by atoms with Crippen LogP contribution in [0.2, 0.25) is 0 Å². The standard InChI is InChI=1S/C15H19NO4/c1-4-5-8-20-14-13(17)11-7-6-10(19-3)9-12(11)16(2)15(14)18/h6-7,9,17H,4-5,8H2,1-3H3. The van der Waals surface area contributed by atoms with Gasteiger partial charge in [0.2, 0.25) is 5.75 Å². The molecule has 5 heteroatoms. The minimum atomic E-state index is -0.348. The van der Waals surface area contributed by atoms with E-state index in [-0.39, 0.29) is 17.1 Å². The summed E-state index contributed by atoms with van der Waals surface area (Å²) in [5.41, 5.74) is 0.258. The third kappa shape index (κ3) is 2.43. The maximum absolute atomic E-state index is 12.2. The van der Waals surface area contributed by atoms with Crippen LogP contribution in [0.1, 0.15) is 19.8 Å². The molecule has 2 rings (SSSR count). The van der Waals surface area contributed by atoms with Crippen LogP contribution < -0.4 is 15.0 Å². The second kappa shape index (κ2) is 5.86. The van der Waals surface area contributed by atoms with E-state index >= 15 is 0 Å². The van der Waals surface area contributed by atoms with Gasteiger partial charge in [-0.05, 0) is 18.6 Å². The largest absolute Gasteiger partial charge is 0.504 e. The Morgan fingerprint density at radius 2 is 2.10 bits per heavy atom. The molecule has 1 aromatic heterocycles. The molecule has 1 aromatic carbocycles. The van der Waals surface area contributed by atoms with Crippen LogP contribution in [-0.2, 0) is 7.05 Å². The number of methoxy groups -OCH3 is 1. The number of ether oxygens (including phenoxy) is 2. The molecule has 0 radical (unpaired) electrons. The molecule has 1 heterocycles. The van der Waals surface area contributed by atoms with Gasteiger partial charge in [-0.15, -0.1) is 0 Å². The van der Waals surface area contributed by atoms with Crippen LogP contribution in [0.15, 0.2) is 23.0 Å². The van der Waals surface area contributed by atoms with Gasteiger partial charge in [0.05, 0.1) is 19.2 Å². The van der Waals surface area contributed by atoms with E-state index in [2.05, 4.69) is 0 Å². The highest BCUT2D eigenvalue weighted by molar-refractivity contribution is 5.88. The fourth-order valence-electron chi connectivity index (χ4n) is 2.05. The number of hydrogen-bond donors (Lipinski definition) is 1. The van der Waals surface area contributed by atoms with Gasteiger partial charge >= 0.3 is 0 Å². The van der Waals surface area contributed by atoms with Crippen molar-refractivity contribution in [2.45, 2.75) is 19.8 Å². The third-order valence-electron chi connectivity index (χ3n) is 3.28. The Labute approximate surface area is 117 Å². The lowest BCUT2D eigenvalue weighted by Gasteiger charge is -2.13. The monoisotopic (exact) mass is 277 g/mol. The van der Waals surface area contributed by atoms with Crippen molar-refractivity contribution in [1.82, 2.24) is 4.57 Å². The molecule has 0 aliphatic heterocycles. The number of unbranched alkanes of at least 4 members (excludes halogenated alkanes) is 1. The summed E-state index contributed by atoms with van der Waals surface area (Å²) in [5, 5.41) is 10.8. The molecule has 20 heavy (non-hydrogen) atoms. The van der Waals surface area contributed by atoms with E-state index < -0.39 is 0 Å². The summed E-state index contributed by atoms with van der Waals surface area (Å²) < 4.78 is 12.0. The summed E-state index contributed by atoms with van der Waals surface area (Å²) in [6.07, 6.45) is 1.80. The second-order valence-corrected chi connectivity index (χ2v) is 4.63. The summed E-state index contributed by atoms with van der Waals surface area (Å²) >= 11 is 0. The van der Waals surface area contributed by atoms with E-state index in [9.17, 15) is 9.90 Å². The zero-order valence-electron chi connectivity index (χ0n) is 12.0. The van der Waals surface area contributed by atoms with E-state index in [1.807, 2.05) is 6.92 Å². The summed E-state index contributed by atoms with van der Waals surface area (Å²) in [4.78, 5) is 12.2. The van der Waals surface area contributed by atoms with Crippen molar-refractivity contribution in [3.05, 3.63) is 28.6 Å². The van der Waals surface area contributed by atoms with Gasteiger partial charge in [0.1, 0.15) is 5.75 Å². The Morgan fingerprint density at radius 3 is 2.75 bits per heavy atom. The molecule has 5 nitrogen and oxygen atoms in total. The van der Waals surface area contributed by atoms with Crippen LogP contribution in [0, 0.1) is 0 Å². The lowest BCUT2D eigenvalue weighted by Crippen LogP contribution is -2.20. The predicted octanol–water partition coefficient (Wildman–Crippen LogP) is 2.43. The highest BCUT2D eigenvalue weighted by Gasteiger charge is 2.16. The van der Waals surface area contributed by atoms with Crippen molar-refractivity contribution in [2.75, 3.05) is 13.7 Å². The Hall–Kier alpha value is -2.17. The van der Waals surface area contributed by atoms with Gasteiger partial charge in [-0.2, -0.15) is 0 Å². The summed E-state index contributed by atoms with van der Waals surface area (Å²) in [7, 11) is 3.21. The Bertz CT molecular complexity index is 676.